The molecule has 1 heterocycles. The fourth-order valence-corrected chi connectivity index (χ4v) is 2.30. The van der Waals surface area contributed by atoms with Gasteiger partial charge in [-0.05, 0) is 18.3 Å². The zero-order chi connectivity index (χ0) is 11.3. The van der Waals surface area contributed by atoms with E-state index in [9.17, 15) is 14.7 Å². The summed E-state index contributed by atoms with van der Waals surface area (Å²) in [5, 5.41) is 9.23. The Morgan fingerprint density at radius 1 is 1.20 bits per heavy atom. The number of piperidine rings is 1. The van der Waals surface area contributed by atoms with Crippen LogP contribution in [0.15, 0.2) is 0 Å². The lowest BCUT2D eigenvalue weighted by Crippen LogP contribution is -2.53. The number of hydrogen-bond acceptors (Lipinski definition) is 3. The molecule has 84 valence electrons. The normalized spacial score (nSPS) is 28.1. The summed E-state index contributed by atoms with van der Waals surface area (Å²) >= 11 is 0. The van der Waals surface area contributed by atoms with Crippen molar-refractivity contribution in [2.24, 2.45) is 5.41 Å². The van der Waals surface area contributed by atoms with Crippen molar-refractivity contribution in [2.45, 2.75) is 45.1 Å². The number of imide groups is 1. The van der Waals surface area contributed by atoms with E-state index in [1.807, 2.05) is 13.8 Å². The number of nitrogens with zero attached hydrogens (tertiary/aromatic N) is 1. The Morgan fingerprint density at radius 3 is 2.00 bits per heavy atom. The van der Waals surface area contributed by atoms with E-state index >= 15 is 0 Å². The molecule has 0 aromatic rings. The maximum atomic E-state index is 11.9. The van der Waals surface area contributed by atoms with Crippen LogP contribution in [-0.2, 0) is 9.59 Å². The summed E-state index contributed by atoms with van der Waals surface area (Å²) in [4.78, 5) is 25.0. The summed E-state index contributed by atoms with van der Waals surface area (Å²) < 4.78 is 0. The minimum absolute atomic E-state index is 0.0924. The molecule has 2 rings (SSSR count). The molecular formula is C11H17NO3. The number of amides is 2. The summed E-state index contributed by atoms with van der Waals surface area (Å²) in [6.07, 6.45) is 2.31. The molecule has 0 bridgehead atoms. The van der Waals surface area contributed by atoms with Crippen LogP contribution >= 0.6 is 0 Å². The lowest BCUT2D eigenvalue weighted by Gasteiger charge is -2.38. The molecule has 0 spiro atoms. The molecule has 1 saturated heterocycles. The summed E-state index contributed by atoms with van der Waals surface area (Å²) in [6.45, 7) is 3.77. The van der Waals surface area contributed by atoms with E-state index in [-0.39, 0.29) is 23.8 Å². The van der Waals surface area contributed by atoms with Crippen LogP contribution in [-0.4, -0.2) is 34.0 Å². The molecule has 1 saturated carbocycles. The maximum absolute atomic E-state index is 11.9. The second-order valence-electron chi connectivity index (χ2n) is 5.52. The van der Waals surface area contributed by atoms with Crippen molar-refractivity contribution in [2.75, 3.05) is 6.61 Å². The quantitative estimate of drug-likeness (QED) is 0.683. The van der Waals surface area contributed by atoms with Gasteiger partial charge < -0.3 is 5.11 Å². The number of rotatable bonds is 2. The number of hydrogen-bond donors (Lipinski definition) is 1. The minimum Gasteiger partial charge on any atom is -0.394 e. The molecule has 1 N–H and O–H groups in total. The monoisotopic (exact) mass is 211 g/mol. The van der Waals surface area contributed by atoms with Crippen LogP contribution in [0.3, 0.4) is 0 Å². The lowest BCUT2D eigenvalue weighted by atomic mass is 9.81. The average molecular weight is 211 g/mol. The standard InChI is InChI=1S/C11H17NO3/c1-10(2)5-8(14)12(9(15)6-10)11(7-13)3-4-11/h13H,3-7H2,1-2H3. The van der Waals surface area contributed by atoms with E-state index in [4.69, 9.17) is 0 Å². The van der Waals surface area contributed by atoms with Gasteiger partial charge in [0.15, 0.2) is 0 Å². The van der Waals surface area contributed by atoms with Gasteiger partial charge >= 0.3 is 0 Å². The third-order valence-electron chi connectivity index (χ3n) is 3.35. The summed E-state index contributed by atoms with van der Waals surface area (Å²) in [5.41, 5.74) is -0.763. The Bertz CT molecular complexity index is 298. The third kappa shape index (κ3) is 1.67. The topological polar surface area (TPSA) is 57.6 Å². The highest BCUT2D eigenvalue weighted by molar-refractivity contribution is 5.99. The summed E-state index contributed by atoms with van der Waals surface area (Å²) in [5.74, 6) is -0.245. The van der Waals surface area contributed by atoms with Gasteiger partial charge in [-0.25, -0.2) is 0 Å². The van der Waals surface area contributed by atoms with Gasteiger partial charge in [0.2, 0.25) is 11.8 Å². The Morgan fingerprint density at radius 2 is 1.67 bits per heavy atom. The Hall–Kier alpha value is -0.900. The molecule has 0 atom stereocenters. The van der Waals surface area contributed by atoms with Gasteiger partial charge in [-0.15, -0.1) is 0 Å². The van der Waals surface area contributed by atoms with Crippen LogP contribution in [0.4, 0.5) is 0 Å². The highest BCUT2D eigenvalue weighted by Crippen LogP contribution is 2.45. The molecule has 1 aliphatic carbocycles. The molecule has 2 amide bonds. The molecule has 0 aromatic carbocycles. The maximum Gasteiger partial charge on any atom is 0.230 e. The van der Waals surface area contributed by atoms with Crippen LogP contribution in [0, 0.1) is 5.41 Å². The van der Waals surface area contributed by atoms with Gasteiger partial charge in [0.05, 0.1) is 12.1 Å². The van der Waals surface area contributed by atoms with Gasteiger partial charge in [-0.2, -0.15) is 0 Å². The van der Waals surface area contributed by atoms with Crippen molar-refractivity contribution >= 4 is 11.8 Å². The van der Waals surface area contributed by atoms with Crippen molar-refractivity contribution < 1.29 is 14.7 Å². The van der Waals surface area contributed by atoms with Gasteiger partial charge in [0, 0.05) is 12.8 Å². The highest BCUT2D eigenvalue weighted by Gasteiger charge is 2.55. The molecule has 4 nitrogen and oxygen atoms in total. The zero-order valence-electron chi connectivity index (χ0n) is 9.25. The van der Waals surface area contributed by atoms with Gasteiger partial charge in [-0.3, -0.25) is 14.5 Å². The predicted octanol–water partition coefficient (Wildman–Crippen LogP) is 0.686. The van der Waals surface area contributed by atoms with E-state index in [1.165, 1.54) is 4.90 Å². The molecule has 0 aromatic heterocycles. The van der Waals surface area contributed by atoms with Gasteiger partial charge in [0.25, 0.3) is 0 Å². The van der Waals surface area contributed by atoms with Crippen LogP contribution in [0.25, 0.3) is 0 Å². The molecule has 0 radical (unpaired) electrons. The molecule has 4 heteroatoms. The van der Waals surface area contributed by atoms with Crippen molar-refractivity contribution in [3.05, 3.63) is 0 Å². The molecule has 1 aliphatic heterocycles. The van der Waals surface area contributed by atoms with Gasteiger partial charge in [-0.1, -0.05) is 13.8 Å². The Kier molecular flexibility index (Phi) is 2.15. The van der Waals surface area contributed by atoms with E-state index in [0.717, 1.165) is 12.8 Å². The number of carbonyl (C=O) groups excluding carboxylic acids is 2. The van der Waals surface area contributed by atoms with Crippen molar-refractivity contribution in [3.63, 3.8) is 0 Å². The minimum atomic E-state index is -0.537. The second kappa shape index (κ2) is 3.04. The predicted molar refractivity (Wildman–Crippen MR) is 53.9 cm³/mol. The summed E-state index contributed by atoms with van der Waals surface area (Å²) in [6, 6.07) is 0. The fourth-order valence-electron chi connectivity index (χ4n) is 2.30. The fraction of sp³-hybridized carbons (Fsp3) is 0.818. The zero-order valence-corrected chi connectivity index (χ0v) is 9.25. The van der Waals surface area contributed by atoms with Crippen molar-refractivity contribution in [3.8, 4) is 0 Å². The Labute approximate surface area is 89.3 Å². The van der Waals surface area contributed by atoms with E-state index in [2.05, 4.69) is 0 Å². The second-order valence-corrected chi connectivity index (χ2v) is 5.52. The number of aliphatic hydroxyl groups excluding tert-OH is 1. The first-order valence-corrected chi connectivity index (χ1v) is 5.37. The SMILES string of the molecule is CC1(C)CC(=O)N(C2(CO)CC2)C(=O)C1. The van der Waals surface area contributed by atoms with Crippen LogP contribution in [0.2, 0.25) is 0 Å². The van der Waals surface area contributed by atoms with Crippen molar-refractivity contribution in [1.29, 1.82) is 0 Å². The number of aliphatic hydroxyl groups is 1. The highest BCUT2D eigenvalue weighted by atomic mass is 16.3. The van der Waals surface area contributed by atoms with Crippen molar-refractivity contribution in [1.82, 2.24) is 4.90 Å². The van der Waals surface area contributed by atoms with E-state index in [0.29, 0.717) is 12.8 Å². The van der Waals surface area contributed by atoms with Crippen LogP contribution in [0.5, 0.6) is 0 Å². The summed E-state index contributed by atoms with van der Waals surface area (Å²) in [7, 11) is 0. The molecule has 0 unspecified atom stereocenters. The van der Waals surface area contributed by atoms with Crippen LogP contribution in [0.1, 0.15) is 39.5 Å². The molecule has 15 heavy (non-hydrogen) atoms. The van der Waals surface area contributed by atoms with E-state index in [1.54, 1.807) is 0 Å². The Balaban J connectivity index is 2.21. The van der Waals surface area contributed by atoms with Crippen LogP contribution < -0.4 is 0 Å². The first-order valence-electron chi connectivity index (χ1n) is 5.37. The molecule has 2 aliphatic rings. The first-order chi connectivity index (χ1) is 6.90. The number of likely N-dealkylation sites (tertiary alicyclic amines) is 1. The third-order valence-corrected chi connectivity index (χ3v) is 3.35. The van der Waals surface area contributed by atoms with E-state index < -0.39 is 5.54 Å². The number of carbonyl (C=O) groups is 2. The molecule has 2 fully saturated rings. The molecular weight excluding hydrogens is 194 g/mol. The smallest absolute Gasteiger partial charge is 0.230 e. The first kappa shape index (κ1) is 10.6. The average Bonchev–Trinajstić information content (AvgIpc) is 2.81. The largest absolute Gasteiger partial charge is 0.394 e. The van der Waals surface area contributed by atoms with Gasteiger partial charge in [0.1, 0.15) is 0 Å². The lowest BCUT2D eigenvalue weighted by molar-refractivity contribution is -0.157.